The van der Waals surface area contributed by atoms with Crippen LogP contribution in [-0.4, -0.2) is 22.0 Å². The predicted molar refractivity (Wildman–Crippen MR) is 113 cm³/mol. The molecule has 0 aliphatic carbocycles. The standard InChI is InChI=1S/C24H29N3O/c1-2-3-4-6-9-20-12-14-22(15-13-20)24(28)26-18-23(27-17-16-25-19-27)21-10-7-5-8-11-21/h5,7-8,10-17,19,23H,2-4,6,9,18H2,1H3,(H,26,28). The Morgan fingerprint density at radius 3 is 2.50 bits per heavy atom. The van der Waals surface area contributed by atoms with Gasteiger partial charge in [-0.25, -0.2) is 4.98 Å². The summed E-state index contributed by atoms with van der Waals surface area (Å²) in [5.74, 6) is -0.0430. The molecule has 0 fully saturated rings. The number of rotatable bonds is 10. The van der Waals surface area contributed by atoms with Gasteiger partial charge in [0.1, 0.15) is 0 Å². The number of imidazole rings is 1. The number of unbranched alkanes of at least 4 members (excludes halogenated alkanes) is 3. The Labute approximate surface area is 167 Å². The Morgan fingerprint density at radius 1 is 1.04 bits per heavy atom. The van der Waals surface area contributed by atoms with E-state index in [1.54, 1.807) is 12.5 Å². The van der Waals surface area contributed by atoms with Gasteiger partial charge in [-0.05, 0) is 36.1 Å². The molecule has 1 N–H and O–H groups in total. The molecule has 1 atom stereocenters. The molecule has 4 heteroatoms. The average Bonchev–Trinajstić information content (AvgIpc) is 3.27. The number of nitrogens with one attached hydrogen (secondary N) is 1. The van der Waals surface area contributed by atoms with Gasteiger partial charge in [0.15, 0.2) is 0 Å². The molecule has 4 nitrogen and oxygen atoms in total. The molecular formula is C24H29N3O. The quantitative estimate of drug-likeness (QED) is 0.506. The molecule has 1 amide bonds. The fourth-order valence-corrected chi connectivity index (χ4v) is 3.39. The minimum Gasteiger partial charge on any atom is -0.350 e. The van der Waals surface area contributed by atoms with Crippen LogP contribution in [0.1, 0.15) is 60.1 Å². The summed E-state index contributed by atoms with van der Waals surface area (Å²) in [7, 11) is 0. The lowest BCUT2D eigenvalue weighted by atomic mass is 10.0. The number of amides is 1. The van der Waals surface area contributed by atoms with Crippen molar-refractivity contribution in [2.24, 2.45) is 0 Å². The third-order valence-corrected chi connectivity index (χ3v) is 5.06. The molecule has 1 aromatic heterocycles. The number of carbonyl (C=O) groups is 1. The van der Waals surface area contributed by atoms with E-state index >= 15 is 0 Å². The normalized spacial score (nSPS) is 11.9. The summed E-state index contributed by atoms with van der Waals surface area (Å²) < 4.78 is 2.02. The fourth-order valence-electron chi connectivity index (χ4n) is 3.39. The Bertz CT molecular complexity index is 826. The van der Waals surface area contributed by atoms with Gasteiger partial charge in [0, 0.05) is 24.5 Å². The maximum Gasteiger partial charge on any atom is 0.251 e. The summed E-state index contributed by atoms with van der Waals surface area (Å²) in [6, 6.07) is 18.2. The molecule has 0 radical (unpaired) electrons. The van der Waals surface area contributed by atoms with Crippen LogP contribution in [0.5, 0.6) is 0 Å². The van der Waals surface area contributed by atoms with Gasteiger partial charge in [-0.2, -0.15) is 0 Å². The van der Waals surface area contributed by atoms with Gasteiger partial charge >= 0.3 is 0 Å². The van der Waals surface area contributed by atoms with E-state index < -0.39 is 0 Å². The lowest BCUT2D eigenvalue weighted by molar-refractivity contribution is 0.0950. The fraction of sp³-hybridized carbons (Fsp3) is 0.333. The third kappa shape index (κ3) is 5.56. The van der Waals surface area contributed by atoms with E-state index in [9.17, 15) is 4.79 Å². The van der Waals surface area contributed by atoms with Crippen LogP contribution < -0.4 is 5.32 Å². The molecular weight excluding hydrogens is 346 g/mol. The molecule has 3 rings (SSSR count). The van der Waals surface area contributed by atoms with Gasteiger partial charge < -0.3 is 9.88 Å². The monoisotopic (exact) mass is 375 g/mol. The number of nitrogens with zero attached hydrogens (tertiary/aromatic N) is 2. The van der Waals surface area contributed by atoms with Crippen molar-refractivity contribution in [2.75, 3.05) is 6.54 Å². The van der Waals surface area contributed by atoms with Gasteiger partial charge in [0.05, 0.1) is 12.4 Å². The van der Waals surface area contributed by atoms with Gasteiger partial charge in [-0.1, -0.05) is 68.7 Å². The molecule has 2 aromatic carbocycles. The first-order valence-electron chi connectivity index (χ1n) is 10.2. The highest BCUT2D eigenvalue weighted by atomic mass is 16.1. The van der Waals surface area contributed by atoms with E-state index in [-0.39, 0.29) is 11.9 Å². The van der Waals surface area contributed by atoms with Gasteiger partial charge in [-0.15, -0.1) is 0 Å². The summed E-state index contributed by atoms with van der Waals surface area (Å²) in [4.78, 5) is 16.8. The number of hydrogen-bond donors (Lipinski definition) is 1. The van der Waals surface area contributed by atoms with Gasteiger partial charge in [0.25, 0.3) is 5.91 Å². The predicted octanol–water partition coefficient (Wildman–Crippen LogP) is 5.03. The molecule has 3 aromatic rings. The van der Waals surface area contributed by atoms with E-state index in [4.69, 9.17) is 0 Å². The summed E-state index contributed by atoms with van der Waals surface area (Å²) in [6.45, 7) is 2.74. The van der Waals surface area contributed by atoms with E-state index in [1.165, 1.54) is 31.2 Å². The van der Waals surface area contributed by atoms with Crippen molar-refractivity contribution in [2.45, 2.75) is 45.1 Å². The molecule has 1 unspecified atom stereocenters. The molecule has 0 saturated carbocycles. The van der Waals surface area contributed by atoms with Crippen LogP contribution in [0, 0.1) is 0 Å². The van der Waals surface area contributed by atoms with Crippen LogP contribution in [0.4, 0.5) is 0 Å². The first-order chi connectivity index (χ1) is 13.8. The Kier molecular flexibility index (Phi) is 7.42. The first kappa shape index (κ1) is 19.9. The lowest BCUT2D eigenvalue weighted by Crippen LogP contribution is -2.31. The highest BCUT2D eigenvalue weighted by Crippen LogP contribution is 2.17. The highest BCUT2D eigenvalue weighted by Gasteiger charge is 2.15. The minimum absolute atomic E-state index is 0.0190. The van der Waals surface area contributed by atoms with Crippen LogP contribution in [0.15, 0.2) is 73.3 Å². The van der Waals surface area contributed by atoms with E-state index in [0.717, 1.165) is 12.0 Å². The van der Waals surface area contributed by atoms with Crippen molar-refractivity contribution >= 4 is 5.91 Å². The van der Waals surface area contributed by atoms with Crippen molar-refractivity contribution < 1.29 is 4.79 Å². The van der Waals surface area contributed by atoms with Crippen LogP contribution in [0.25, 0.3) is 0 Å². The van der Waals surface area contributed by atoms with Crippen molar-refractivity contribution in [3.63, 3.8) is 0 Å². The van der Waals surface area contributed by atoms with Crippen LogP contribution >= 0.6 is 0 Å². The SMILES string of the molecule is CCCCCCc1ccc(C(=O)NCC(c2ccccc2)n2ccnc2)cc1. The van der Waals surface area contributed by atoms with E-state index in [0.29, 0.717) is 12.1 Å². The molecule has 0 saturated heterocycles. The zero-order valence-corrected chi connectivity index (χ0v) is 16.6. The Morgan fingerprint density at radius 2 is 1.82 bits per heavy atom. The number of aryl methyl sites for hydroxylation is 1. The maximum absolute atomic E-state index is 12.6. The van der Waals surface area contributed by atoms with Crippen LogP contribution in [0.2, 0.25) is 0 Å². The molecule has 146 valence electrons. The number of hydrogen-bond acceptors (Lipinski definition) is 2. The average molecular weight is 376 g/mol. The molecule has 28 heavy (non-hydrogen) atoms. The first-order valence-corrected chi connectivity index (χ1v) is 10.2. The Balaban J connectivity index is 1.59. The van der Waals surface area contributed by atoms with E-state index in [2.05, 4.69) is 41.5 Å². The highest BCUT2D eigenvalue weighted by molar-refractivity contribution is 5.94. The van der Waals surface area contributed by atoms with Gasteiger partial charge in [0.2, 0.25) is 0 Å². The molecule has 0 aliphatic heterocycles. The number of carbonyl (C=O) groups excluding carboxylic acids is 1. The molecule has 0 bridgehead atoms. The summed E-state index contributed by atoms with van der Waals surface area (Å²) in [5, 5.41) is 3.08. The molecule has 1 heterocycles. The number of benzene rings is 2. The second kappa shape index (κ2) is 10.5. The maximum atomic E-state index is 12.6. The van der Waals surface area contributed by atoms with Crippen LogP contribution in [-0.2, 0) is 6.42 Å². The van der Waals surface area contributed by atoms with Gasteiger partial charge in [-0.3, -0.25) is 4.79 Å². The third-order valence-electron chi connectivity index (χ3n) is 5.06. The Hall–Kier alpha value is -2.88. The van der Waals surface area contributed by atoms with Crippen molar-refractivity contribution in [1.82, 2.24) is 14.9 Å². The summed E-state index contributed by atoms with van der Waals surface area (Å²) >= 11 is 0. The largest absolute Gasteiger partial charge is 0.350 e. The minimum atomic E-state index is -0.0430. The zero-order valence-electron chi connectivity index (χ0n) is 16.6. The summed E-state index contributed by atoms with van der Waals surface area (Å²) in [6.07, 6.45) is 11.6. The van der Waals surface area contributed by atoms with Crippen molar-refractivity contribution in [1.29, 1.82) is 0 Å². The van der Waals surface area contributed by atoms with Crippen molar-refractivity contribution in [3.05, 3.63) is 90.0 Å². The topological polar surface area (TPSA) is 46.9 Å². The summed E-state index contributed by atoms with van der Waals surface area (Å²) in [5.41, 5.74) is 3.14. The number of aromatic nitrogens is 2. The van der Waals surface area contributed by atoms with Crippen LogP contribution in [0.3, 0.4) is 0 Å². The smallest absolute Gasteiger partial charge is 0.251 e. The second-order valence-electron chi connectivity index (χ2n) is 7.15. The second-order valence-corrected chi connectivity index (χ2v) is 7.15. The van der Waals surface area contributed by atoms with E-state index in [1.807, 2.05) is 41.1 Å². The molecule has 0 spiro atoms. The zero-order chi connectivity index (χ0) is 19.6. The van der Waals surface area contributed by atoms with Crippen molar-refractivity contribution in [3.8, 4) is 0 Å². The molecule has 0 aliphatic rings. The lowest BCUT2D eigenvalue weighted by Gasteiger charge is -2.19.